The molecule has 174 valence electrons. The fraction of sp³-hybridized carbons (Fsp3) is 0.800. The third-order valence-electron chi connectivity index (χ3n) is 4.13. The highest BCUT2D eigenvalue weighted by atomic mass is 33.1. The topological polar surface area (TPSA) is 115 Å². The predicted molar refractivity (Wildman–Crippen MR) is 122 cm³/mol. The first-order valence-electron chi connectivity index (χ1n) is 9.95. The smallest absolute Gasteiger partial charge is 0.323 e. The fourth-order valence-electron chi connectivity index (χ4n) is 2.62. The van der Waals surface area contributed by atoms with Gasteiger partial charge in [0.05, 0.1) is 0 Å². The van der Waals surface area contributed by atoms with E-state index in [1.54, 1.807) is 21.6 Å². The summed E-state index contributed by atoms with van der Waals surface area (Å²) in [5.41, 5.74) is -1.07. The Morgan fingerprint density at radius 2 is 0.967 bits per heavy atom. The highest BCUT2D eigenvalue weighted by Gasteiger charge is 2.28. The Morgan fingerprint density at radius 1 is 0.667 bits per heavy atom. The monoisotopic (exact) mass is 464 g/mol. The number of hydrogen-bond acceptors (Lipinski definition) is 6. The lowest BCUT2D eigenvalue weighted by Crippen LogP contribution is -2.48. The van der Waals surface area contributed by atoms with Crippen LogP contribution in [0.4, 0.5) is 0 Å². The highest BCUT2D eigenvalue weighted by molar-refractivity contribution is 8.76. The van der Waals surface area contributed by atoms with Gasteiger partial charge in [0.15, 0.2) is 0 Å². The molecule has 0 spiro atoms. The van der Waals surface area contributed by atoms with Crippen molar-refractivity contribution in [3.63, 3.8) is 0 Å². The van der Waals surface area contributed by atoms with Gasteiger partial charge >= 0.3 is 11.9 Å². The predicted octanol–water partition coefficient (Wildman–Crippen LogP) is 3.35. The van der Waals surface area contributed by atoms with Crippen LogP contribution in [0.25, 0.3) is 0 Å². The Kier molecular flexibility index (Phi) is 12.5. The average molecular weight is 465 g/mol. The number of rotatable bonds is 13. The Balaban J connectivity index is 4.14. The molecule has 0 rings (SSSR count). The van der Waals surface area contributed by atoms with E-state index in [0.717, 1.165) is 11.5 Å². The largest absolute Gasteiger partial charge is 0.480 e. The van der Waals surface area contributed by atoms with Crippen LogP contribution in [-0.4, -0.2) is 79.4 Å². The maximum Gasteiger partial charge on any atom is 0.323 e. The second-order valence-electron chi connectivity index (χ2n) is 8.94. The maximum atomic E-state index is 12.3. The molecular weight excluding hydrogens is 428 g/mol. The van der Waals surface area contributed by atoms with Gasteiger partial charge in [-0.1, -0.05) is 21.6 Å². The number of carboxylic acid groups (broad SMARTS) is 2. The van der Waals surface area contributed by atoms with Gasteiger partial charge in [-0.3, -0.25) is 19.2 Å². The summed E-state index contributed by atoms with van der Waals surface area (Å²) in [4.78, 5) is 49.4. The van der Waals surface area contributed by atoms with Crippen LogP contribution in [0.1, 0.15) is 67.2 Å². The first-order chi connectivity index (χ1) is 13.7. The van der Waals surface area contributed by atoms with Gasteiger partial charge in [0.25, 0.3) is 0 Å². The fourth-order valence-corrected chi connectivity index (χ4v) is 4.80. The van der Waals surface area contributed by atoms with Crippen molar-refractivity contribution in [1.29, 1.82) is 0 Å². The Morgan fingerprint density at radius 3 is 1.20 bits per heavy atom. The lowest BCUT2D eigenvalue weighted by atomic mass is 10.1. The van der Waals surface area contributed by atoms with Gasteiger partial charge in [0, 0.05) is 35.4 Å². The van der Waals surface area contributed by atoms with E-state index in [0.29, 0.717) is 25.7 Å². The van der Waals surface area contributed by atoms with Crippen LogP contribution in [-0.2, 0) is 19.2 Å². The standard InChI is InChI=1S/C20H36N2O6S2/c1-19(2,3)21(13-17(25)26)15(23)9-7-11-29-30-12-8-10-16(24)22(14-18(27)28)20(4,5)6/h7-14H2,1-6H3,(H,25,26)(H,27,28). The number of nitrogens with zero attached hydrogens (tertiary/aromatic N) is 2. The molecule has 30 heavy (non-hydrogen) atoms. The molecule has 8 nitrogen and oxygen atoms in total. The number of carbonyl (C=O) groups excluding carboxylic acids is 2. The first-order valence-corrected chi connectivity index (χ1v) is 12.4. The van der Waals surface area contributed by atoms with E-state index in [1.807, 2.05) is 41.5 Å². The van der Waals surface area contributed by atoms with E-state index in [1.165, 1.54) is 9.80 Å². The van der Waals surface area contributed by atoms with Crippen molar-refractivity contribution in [3.05, 3.63) is 0 Å². The normalized spacial score (nSPS) is 11.8. The molecule has 10 heteroatoms. The number of hydrogen-bond donors (Lipinski definition) is 2. The summed E-state index contributed by atoms with van der Waals surface area (Å²) in [6, 6.07) is 0. The molecule has 0 atom stereocenters. The van der Waals surface area contributed by atoms with Crippen LogP contribution in [0.3, 0.4) is 0 Å². The second kappa shape index (κ2) is 13.1. The molecule has 2 amide bonds. The maximum absolute atomic E-state index is 12.3. The van der Waals surface area contributed by atoms with Crippen molar-refractivity contribution >= 4 is 45.3 Å². The second-order valence-corrected chi connectivity index (χ2v) is 11.6. The molecule has 0 aromatic heterocycles. The van der Waals surface area contributed by atoms with Crippen LogP contribution >= 0.6 is 21.6 Å². The number of carbonyl (C=O) groups is 4. The SMILES string of the molecule is CC(C)(C)N(CC(=O)O)C(=O)CCCSSCCCC(=O)N(CC(=O)O)C(C)(C)C. The third kappa shape index (κ3) is 12.3. The molecule has 0 unspecified atom stereocenters. The molecule has 0 heterocycles. The minimum atomic E-state index is -1.02. The Labute approximate surface area is 187 Å². The molecule has 0 aliphatic rings. The van der Waals surface area contributed by atoms with Crippen molar-refractivity contribution in [2.45, 2.75) is 78.3 Å². The van der Waals surface area contributed by atoms with E-state index in [4.69, 9.17) is 10.2 Å². The van der Waals surface area contributed by atoms with Crippen molar-refractivity contribution < 1.29 is 29.4 Å². The van der Waals surface area contributed by atoms with Gasteiger partial charge in [-0.2, -0.15) is 0 Å². The highest BCUT2D eigenvalue weighted by Crippen LogP contribution is 2.25. The van der Waals surface area contributed by atoms with Crippen LogP contribution in [0.15, 0.2) is 0 Å². The van der Waals surface area contributed by atoms with E-state index in [2.05, 4.69) is 0 Å². The van der Waals surface area contributed by atoms with Gasteiger partial charge in [0.2, 0.25) is 11.8 Å². The molecule has 0 bridgehead atoms. The lowest BCUT2D eigenvalue weighted by Gasteiger charge is -2.34. The number of aliphatic carboxylic acids is 2. The summed E-state index contributed by atoms with van der Waals surface area (Å²) in [6.45, 7) is 10.3. The molecule has 2 N–H and O–H groups in total. The molecule has 0 saturated heterocycles. The minimum Gasteiger partial charge on any atom is -0.480 e. The quantitative estimate of drug-likeness (QED) is 0.315. The van der Waals surface area contributed by atoms with Crippen LogP contribution in [0, 0.1) is 0 Å². The van der Waals surface area contributed by atoms with Crippen molar-refractivity contribution in [3.8, 4) is 0 Å². The molecule has 0 aromatic carbocycles. The molecule has 0 saturated carbocycles. The van der Waals surface area contributed by atoms with E-state index < -0.39 is 23.0 Å². The zero-order valence-electron chi connectivity index (χ0n) is 18.9. The van der Waals surface area contributed by atoms with Gasteiger partial charge < -0.3 is 20.0 Å². The average Bonchev–Trinajstić information content (AvgIpc) is 2.57. The lowest BCUT2D eigenvalue weighted by molar-refractivity contribution is -0.148. The zero-order chi connectivity index (χ0) is 23.5. The Hall–Kier alpha value is -1.42. The molecule has 0 aliphatic heterocycles. The van der Waals surface area contributed by atoms with Gasteiger partial charge in [0.1, 0.15) is 13.1 Å². The molecule has 0 aromatic rings. The van der Waals surface area contributed by atoms with Crippen LogP contribution in [0.2, 0.25) is 0 Å². The van der Waals surface area contributed by atoms with Crippen molar-refractivity contribution in [2.24, 2.45) is 0 Å². The number of amides is 2. The van der Waals surface area contributed by atoms with E-state index in [-0.39, 0.29) is 24.9 Å². The molecular formula is C20H36N2O6S2. The summed E-state index contributed by atoms with van der Waals surface area (Å²) >= 11 is 0. The minimum absolute atomic E-state index is 0.165. The van der Waals surface area contributed by atoms with Gasteiger partial charge in [-0.15, -0.1) is 0 Å². The zero-order valence-corrected chi connectivity index (χ0v) is 20.5. The molecule has 0 aliphatic carbocycles. The Bertz CT molecular complexity index is 547. The van der Waals surface area contributed by atoms with Crippen LogP contribution < -0.4 is 0 Å². The molecule has 0 fully saturated rings. The third-order valence-corrected chi connectivity index (χ3v) is 6.71. The summed E-state index contributed by atoms with van der Waals surface area (Å²) in [6.07, 6.45) is 1.90. The molecule has 0 radical (unpaired) electrons. The van der Waals surface area contributed by atoms with E-state index >= 15 is 0 Å². The van der Waals surface area contributed by atoms with Gasteiger partial charge in [-0.05, 0) is 54.4 Å². The van der Waals surface area contributed by atoms with E-state index in [9.17, 15) is 19.2 Å². The van der Waals surface area contributed by atoms with Gasteiger partial charge in [-0.25, -0.2) is 0 Å². The van der Waals surface area contributed by atoms with Crippen molar-refractivity contribution in [1.82, 2.24) is 9.80 Å². The first kappa shape index (κ1) is 28.6. The summed E-state index contributed by atoms with van der Waals surface area (Å²) < 4.78 is 0. The summed E-state index contributed by atoms with van der Waals surface area (Å²) in [7, 11) is 3.23. The summed E-state index contributed by atoms with van der Waals surface area (Å²) in [5.74, 6) is -0.869. The number of carboxylic acids is 2. The van der Waals surface area contributed by atoms with Crippen LogP contribution in [0.5, 0.6) is 0 Å². The van der Waals surface area contributed by atoms with Crippen molar-refractivity contribution in [2.75, 3.05) is 24.6 Å². The summed E-state index contributed by atoms with van der Waals surface area (Å²) in [5, 5.41) is 18.0.